The number of carbonyl (C=O) groups excluding carboxylic acids is 2. The molecule has 0 N–H and O–H groups in total. The van der Waals surface area contributed by atoms with Crippen molar-refractivity contribution in [3.05, 3.63) is 41.5 Å². The number of allylic oxidation sites excluding steroid dienone is 1. The van der Waals surface area contributed by atoms with Gasteiger partial charge in [-0.15, -0.1) is 0 Å². The van der Waals surface area contributed by atoms with Crippen LogP contribution in [0.5, 0.6) is 5.75 Å². The van der Waals surface area contributed by atoms with Gasteiger partial charge in [0.05, 0.1) is 7.11 Å². The molecular weight excluding hydrogens is 256 g/mol. The van der Waals surface area contributed by atoms with Crippen LogP contribution in [0.1, 0.15) is 37.8 Å². The van der Waals surface area contributed by atoms with Crippen molar-refractivity contribution in [1.29, 1.82) is 0 Å². The van der Waals surface area contributed by atoms with Crippen molar-refractivity contribution in [2.24, 2.45) is 0 Å². The molecule has 2 rings (SSSR count). The van der Waals surface area contributed by atoms with Gasteiger partial charge in [-0.3, -0.25) is 9.59 Å². The standard InChI is InChI=1S/C16H18O4/c1-10(17)8-9-16(20-12(3)18)11(2)13-6-5-7-14(19-4)15(13)16/h5-9,11H,1-4H3/b9-8-/t11-,16-/m0/s1. The molecule has 1 aromatic carbocycles. The lowest BCUT2D eigenvalue weighted by Crippen LogP contribution is -2.44. The minimum absolute atomic E-state index is 0.0212. The van der Waals surface area contributed by atoms with Crippen LogP contribution in [0.4, 0.5) is 0 Å². The van der Waals surface area contributed by atoms with E-state index in [9.17, 15) is 9.59 Å². The topological polar surface area (TPSA) is 52.6 Å². The Morgan fingerprint density at radius 2 is 2.00 bits per heavy atom. The molecule has 0 aromatic heterocycles. The molecule has 0 unspecified atom stereocenters. The molecule has 0 amide bonds. The second kappa shape index (κ2) is 5.12. The third kappa shape index (κ3) is 2.11. The Balaban J connectivity index is 2.57. The van der Waals surface area contributed by atoms with Crippen molar-refractivity contribution >= 4 is 11.8 Å². The normalized spacial score (nSPS) is 23.9. The summed E-state index contributed by atoms with van der Waals surface area (Å²) in [5.74, 6) is 0.163. The maximum Gasteiger partial charge on any atom is 0.303 e. The van der Waals surface area contributed by atoms with E-state index in [0.29, 0.717) is 5.75 Å². The molecule has 4 nitrogen and oxygen atoms in total. The van der Waals surface area contributed by atoms with Crippen molar-refractivity contribution in [1.82, 2.24) is 0 Å². The van der Waals surface area contributed by atoms with E-state index in [1.54, 1.807) is 13.2 Å². The predicted octanol–water partition coefficient (Wildman–Crippen LogP) is 2.72. The molecule has 0 saturated heterocycles. The summed E-state index contributed by atoms with van der Waals surface area (Å²) in [7, 11) is 1.58. The lowest BCUT2D eigenvalue weighted by Gasteiger charge is -2.47. The van der Waals surface area contributed by atoms with Crippen LogP contribution in [0, 0.1) is 0 Å². The number of esters is 1. The zero-order valence-electron chi connectivity index (χ0n) is 12.1. The van der Waals surface area contributed by atoms with Crippen LogP contribution in [0.25, 0.3) is 0 Å². The van der Waals surface area contributed by atoms with Gasteiger partial charge in [0.15, 0.2) is 11.4 Å². The first-order valence-corrected chi connectivity index (χ1v) is 6.49. The van der Waals surface area contributed by atoms with Gasteiger partial charge in [-0.05, 0) is 30.7 Å². The number of carbonyl (C=O) groups is 2. The maximum absolute atomic E-state index is 11.5. The van der Waals surface area contributed by atoms with Gasteiger partial charge < -0.3 is 9.47 Å². The zero-order valence-corrected chi connectivity index (χ0v) is 12.1. The Morgan fingerprint density at radius 3 is 2.55 bits per heavy atom. The first-order chi connectivity index (χ1) is 9.42. The lowest BCUT2D eigenvalue weighted by molar-refractivity contribution is -0.158. The van der Waals surface area contributed by atoms with E-state index >= 15 is 0 Å². The van der Waals surface area contributed by atoms with Gasteiger partial charge in [-0.1, -0.05) is 19.1 Å². The quantitative estimate of drug-likeness (QED) is 0.625. The Hall–Kier alpha value is -2.10. The van der Waals surface area contributed by atoms with Crippen LogP contribution in [0.3, 0.4) is 0 Å². The van der Waals surface area contributed by atoms with Crippen molar-refractivity contribution in [3.63, 3.8) is 0 Å². The summed E-state index contributed by atoms with van der Waals surface area (Å²) in [5, 5.41) is 0. The maximum atomic E-state index is 11.5. The molecule has 0 saturated carbocycles. The number of ether oxygens (including phenoxy) is 2. The first kappa shape index (κ1) is 14.3. The van der Waals surface area contributed by atoms with Gasteiger partial charge in [-0.2, -0.15) is 0 Å². The highest BCUT2D eigenvalue weighted by atomic mass is 16.6. The number of hydrogen-bond acceptors (Lipinski definition) is 4. The van der Waals surface area contributed by atoms with Crippen molar-refractivity contribution < 1.29 is 19.1 Å². The van der Waals surface area contributed by atoms with E-state index < -0.39 is 5.60 Å². The highest BCUT2D eigenvalue weighted by Gasteiger charge is 2.52. The molecule has 1 aliphatic rings. The fourth-order valence-corrected chi connectivity index (χ4v) is 2.75. The minimum Gasteiger partial charge on any atom is -0.496 e. The number of fused-ring (bicyclic) bond motifs is 1. The smallest absolute Gasteiger partial charge is 0.303 e. The van der Waals surface area contributed by atoms with Gasteiger partial charge in [0, 0.05) is 18.4 Å². The summed E-state index contributed by atoms with van der Waals surface area (Å²) in [5.41, 5.74) is 0.973. The molecule has 4 heteroatoms. The fourth-order valence-electron chi connectivity index (χ4n) is 2.75. The number of methoxy groups -OCH3 is 1. The highest BCUT2D eigenvalue weighted by molar-refractivity contribution is 5.87. The summed E-state index contributed by atoms with van der Waals surface area (Å²) in [6.45, 7) is 4.79. The van der Waals surface area contributed by atoms with Gasteiger partial charge in [0.25, 0.3) is 0 Å². The van der Waals surface area contributed by atoms with Gasteiger partial charge in [-0.25, -0.2) is 0 Å². The Morgan fingerprint density at radius 1 is 1.30 bits per heavy atom. The molecule has 0 heterocycles. The van der Waals surface area contributed by atoms with E-state index in [0.717, 1.165) is 11.1 Å². The van der Waals surface area contributed by atoms with Crippen LogP contribution in [-0.2, 0) is 19.9 Å². The molecule has 0 radical (unpaired) electrons. The Labute approximate surface area is 118 Å². The number of rotatable bonds is 4. The zero-order chi connectivity index (χ0) is 14.9. The van der Waals surface area contributed by atoms with Crippen LogP contribution >= 0.6 is 0 Å². The van der Waals surface area contributed by atoms with Crippen LogP contribution in [0.15, 0.2) is 30.4 Å². The van der Waals surface area contributed by atoms with E-state index in [2.05, 4.69) is 0 Å². The van der Waals surface area contributed by atoms with Gasteiger partial charge in [0.2, 0.25) is 0 Å². The average Bonchev–Trinajstić information content (AvgIpc) is 2.41. The molecule has 106 valence electrons. The monoisotopic (exact) mass is 274 g/mol. The van der Waals surface area contributed by atoms with Crippen LogP contribution in [-0.4, -0.2) is 18.9 Å². The van der Waals surface area contributed by atoms with E-state index in [-0.39, 0.29) is 17.7 Å². The third-order valence-electron chi connectivity index (χ3n) is 3.66. The molecule has 0 spiro atoms. The number of ketones is 1. The average molecular weight is 274 g/mol. The van der Waals surface area contributed by atoms with Crippen LogP contribution in [0.2, 0.25) is 0 Å². The van der Waals surface area contributed by atoms with E-state index in [4.69, 9.17) is 9.47 Å². The molecule has 0 fully saturated rings. The largest absolute Gasteiger partial charge is 0.496 e. The third-order valence-corrected chi connectivity index (χ3v) is 3.66. The Bertz CT molecular complexity index is 574. The van der Waals surface area contributed by atoms with Gasteiger partial charge in [0.1, 0.15) is 5.75 Å². The summed E-state index contributed by atoms with van der Waals surface area (Å²) in [6, 6.07) is 5.71. The van der Waals surface area contributed by atoms with Crippen LogP contribution < -0.4 is 4.74 Å². The molecular formula is C16H18O4. The summed E-state index contributed by atoms with van der Waals surface area (Å²) >= 11 is 0. The lowest BCUT2D eigenvalue weighted by atomic mass is 9.64. The first-order valence-electron chi connectivity index (χ1n) is 6.49. The summed E-state index contributed by atoms with van der Waals surface area (Å²) in [6.07, 6.45) is 3.10. The van der Waals surface area contributed by atoms with Gasteiger partial charge >= 0.3 is 5.97 Å². The highest BCUT2D eigenvalue weighted by Crippen LogP contribution is 2.56. The second-order valence-electron chi connectivity index (χ2n) is 4.98. The number of hydrogen-bond donors (Lipinski definition) is 0. The second-order valence-corrected chi connectivity index (χ2v) is 4.98. The van der Waals surface area contributed by atoms with Crippen molar-refractivity contribution in [2.45, 2.75) is 32.3 Å². The predicted molar refractivity (Wildman–Crippen MR) is 74.7 cm³/mol. The molecule has 2 atom stereocenters. The fraction of sp³-hybridized carbons (Fsp3) is 0.375. The molecule has 1 aliphatic carbocycles. The summed E-state index contributed by atoms with van der Waals surface area (Å²) in [4.78, 5) is 22.7. The molecule has 0 bridgehead atoms. The van der Waals surface area contributed by atoms with Crippen molar-refractivity contribution in [3.8, 4) is 5.75 Å². The van der Waals surface area contributed by atoms with E-state index in [1.165, 1.54) is 19.9 Å². The van der Waals surface area contributed by atoms with Crippen molar-refractivity contribution in [2.75, 3.05) is 7.11 Å². The number of benzene rings is 1. The molecule has 20 heavy (non-hydrogen) atoms. The SMILES string of the molecule is COc1cccc2c1[C@@](/C=C\C(C)=O)(OC(C)=O)[C@H]2C. The molecule has 0 aliphatic heterocycles. The summed E-state index contributed by atoms with van der Waals surface area (Å²) < 4.78 is 10.9. The minimum atomic E-state index is -0.917. The molecule has 1 aromatic rings. The Kier molecular flexibility index (Phi) is 3.66. The van der Waals surface area contributed by atoms with E-state index in [1.807, 2.05) is 25.1 Å².